The summed E-state index contributed by atoms with van der Waals surface area (Å²) in [5.41, 5.74) is 7.87. The number of carbonyl (C=O) groups excluding carboxylic acids is 1. The number of hydrogen-bond acceptors (Lipinski definition) is 9. The van der Waals surface area contributed by atoms with Crippen LogP contribution in [0.4, 0.5) is 5.69 Å². The first kappa shape index (κ1) is 25.3. The highest BCUT2D eigenvalue weighted by atomic mass is 79.9. The lowest BCUT2D eigenvalue weighted by atomic mass is 10.0. The Balaban J connectivity index is 2.19. The molecule has 0 fully saturated rings. The summed E-state index contributed by atoms with van der Waals surface area (Å²) in [6, 6.07) is 13.7. The molecule has 0 bridgehead atoms. The topological polar surface area (TPSA) is 138 Å². The number of aromatic nitrogens is 2. The maximum Gasteiger partial charge on any atom is 0.355 e. The molecule has 0 atom stereocenters. The molecule has 34 heavy (non-hydrogen) atoms. The minimum Gasteiger partial charge on any atom is -0.464 e. The molecule has 1 heterocycles. The lowest BCUT2D eigenvalue weighted by Gasteiger charge is -2.11. The number of hydrogen-bond donors (Lipinski definition) is 1. The number of nitrogens with zero attached hydrogens (tertiary/aromatic N) is 3. The zero-order valence-corrected chi connectivity index (χ0v) is 21.3. The number of carbonyl (C=O) groups is 1. The highest BCUT2D eigenvalue weighted by Crippen LogP contribution is 2.30. The van der Waals surface area contributed by atoms with Gasteiger partial charge in [0.15, 0.2) is 9.84 Å². The van der Waals surface area contributed by atoms with Crippen molar-refractivity contribution in [2.24, 2.45) is 10.7 Å². The van der Waals surface area contributed by atoms with Crippen LogP contribution in [0, 0.1) is 0 Å². The Morgan fingerprint density at radius 2 is 1.88 bits per heavy atom. The SMILES string of the molecule is COC(=O)/C(N)=C(\Br)C(=Nc1ccccc1C(C)C)c1nc(-c2cccc(S(C)(=O)=O)c2)no1. The Morgan fingerprint density at radius 1 is 1.18 bits per heavy atom. The number of ether oxygens (including phenoxy) is 1. The molecule has 11 heteroatoms. The van der Waals surface area contributed by atoms with E-state index >= 15 is 0 Å². The van der Waals surface area contributed by atoms with Crippen molar-refractivity contribution in [2.75, 3.05) is 13.4 Å². The average molecular weight is 547 g/mol. The van der Waals surface area contributed by atoms with Gasteiger partial charge in [-0.25, -0.2) is 18.2 Å². The van der Waals surface area contributed by atoms with Gasteiger partial charge >= 0.3 is 5.97 Å². The molecular formula is C23H23BrN4O5S. The Hall–Kier alpha value is -3.31. The fourth-order valence-electron chi connectivity index (χ4n) is 3.02. The van der Waals surface area contributed by atoms with Crippen LogP contribution in [0.3, 0.4) is 0 Å². The number of nitrogens with two attached hydrogens (primary N) is 1. The Labute approximate surface area is 205 Å². The summed E-state index contributed by atoms with van der Waals surface area (Å²) in [4.78, 5) is 21.3. The van der Waals surface area contributed by atoms with Gasteiger partial charge in [-0.15, -0.1) is 0 Å². The van der Waals surface area contributed by atoms with Gasteiger partial charge in [-0.05, 0) is 45.6 Å². The number of aliphatic imine (C=N–C) groups is 1. The van der Waals surface area contributed by atoms with E-state index in [-0.39, 0.29) is 38.4 Å². The van der Waals surface area contributed by atoms with Crippen LogP contribution in [-0.4, -0.2) is 43.6 Å². The fraction of sp³-hybridized carbons (Fsp3) is 0.217. The largest absolute Gasteiger partial charge is 0.464 e. The van der Waals surface area contributed by atoms with Crippen molar-refractivity contribution in [3.05, 3.63) is 70.2 Å². The molecule has 3 aromatic rings. The summed E-state index contributed by atoms with van der Waals surface area (Å²) < 4.78 is 34.1. The number of rotatable bonds is 7. The number of sulfone groups is 1. The van der Waals surface area contributed by atoms with E-state index in [1.165, 1.54) is 19.2 Å². The number of para-hydroxylation sites is 1. The summed E-state index contributed by atoms with van der Waals surface area (Å²) in [6.45, 7) is 4.06. The summed E-state index contributed by atoms with van der Waals surface area (Å²) >= 11 is 3.33. The monoisotopic (exact) mass is 546 g/mol. The molecule has 0 amide bonds. The minimum atomic E-state index is -3.43. The lowest BCUT2D eigenvalue weighted by Crippen LogP contribution is -2.18. The Bertz CT molecular complexity index is 1390. The molecule has 0 saturated carbocycles. The van der Waals surface area contributed by atoms with Crippen LogP contribution in [0.2, 0.25) is 0 Å². The highest BCUT2D eigenvalue weighted by molar-refractivity contribution is 9.12. The van der Waals surface area contributed by atoms with E-state index in [2.05, 4.69) is 31.1 Å². The van der Waals surface area contributed by atoms with E-state index in [1.54, 1.807) is 12.1 Å². The predicted molar refractivity (Wildman–Crippen MR) is 132 cm³/mol. The number of methoxy groups -OCH3 is 1. The number of benzene rings is 2. The molecule has 2 aromatic carbocycles. The molecule has 1 aromatic heterocycles. The summed E-state index contributed by atoms with van der Waals surface area (Å²) in [5, 5.41) is 3.97. The molecule has 3 rings (SSSR count). The summed E-state index contributed by atoms with van der Waals surface area (Å²) in [6.07, 6.45) is 1.11. The third-order valence-corrected chi connectivity index (χ3v) is 6.70. The van der Waals surface area contributed by atoms with E-state index in [0.717, 1.165) is 11.8 Å². The van der Waals surface area contributed by atoms with Gasteiger partial charge in [0.25, 0.3) is 5.89 Å². The number of esters is 1. The van der Waals surface area contributed by atoms with Crippen molar-refractivity contribution in [1.29, 1.82) is 0 Å². The maximum absolute atomic E-state index is 12.1. The third kappa shape index (κ3) is 5.60. The second-order valence-electron chi connectivity index (χ2n) is 7.62. The van der Waals surface area contributed by atoms with Crippen LogP contribution in [0.1, 0.15) is 31.2 Å². The van der Waals surface area contributed by atoms with E-state index in [9.17, 15) is 13.2 Å². The van der Waals surface area contributed by atoms with Crippen molar-refractivity contribution in [3.63, 3.8) is 0 Å². The van der Waals surface area contributed by atoms with Gasteiger partial charge in [0, 0.05) is 11.8 Å². The van der Waals surface area contributed by atoms with Crippen LogP contribution in [-0.2, 0) is 19.4 Å². The first-order valence-electron chi connectivity index (χ1n) is 10.1. The average Bonchev–Trinajstić information content (AvgIpc) is 3.30. The van der Waals surface area contributed by atoms with Gasteiger partial charge in [0.2, 0.25) is 5.82 Å². The first-order valence-corrected chi connectivity index (χ1v) is 12.8. The molecule has 0 aliphatic carbocycles. The standard InChI is InChI=1S/C23H23BrN4O5S/c1-13(2)16-10-5-6-11-17(16)26-20(18(24)19(25)23(29)32-3)22-27-21(28-33-22)14-8-7-9-15(12-14)34(4,30)31/h5-13H,25H2,1-4H3/b19-18+,26-20?. The molecule has 0 aliphatic heterocycles. The third-order valence-electron chi connectivity index (χ3n) is 4.79. The quantitative estimate of drug-likeness (QED) is 0.265. The van der Waals surface area contributed by atoms with Crippen LogP contribution >= 0.6 is 15.9 Å². The van der Waals surface area contributed by atoms with Gasteiger partial charge in [-0.1, -0.05) is 49.3 Å². The predicted octanol–water partition coefficient (Wildman–Crippen LogP) is 4.12. The zero-order valence-electron chi connectivity index (χ0n) is 18.9. The maximum atomic E-state index is 12.1. The van der Waals surface area contributed by atoms with Gasteiger partial charge in [-0.2, -0.15) is 4.98 Å². The molecule has 0 aliphatic rings. The van der Waals surface area contributed by atoms with Crippen molar-refractivity contribution < 1.29 is 22.5 Å². The Morgan fingerprint density at radius 3 is 2.53 bits per heavy atom. The minimum absolute atomic E-state index is 0.0305. The van der Waals surface area contributed by atoms with Crippen molar-refractivity contribution >= 4 is 43.1 Å². The number of halogens is 1. The molecular weight excluding hydrogens is 524 g/mol. The van der Waals surface area contributed by atoms with Crippen LogP contribution < -0.4 is 5.73 Å². The van der Waals surface area contributed by atoms with E-state index < -0.39 is 15.8 Å². The molecule has 9 nitrogen and oxygen atoms in total. The highest BCUT2D eigenvalue weighted by Gasteiger charge is 2.23. The van der Waals surface area contributed by atoms with Gasteiger partial charge in [0.05, 0.1) is 22.2 Å². The van der Waals surface area contributed by atoms with Crippen LogP contribution in [0.15, 0.2) is 73.1 Å². The molecule has 0 radical (unpaired) electrons. The van der Waals surface area contributed by atoms with E-state index in [4.69, 9.17) is 15.0 Å². The second kappa shape index (κ2) is 10.3. The fourth-order valence-corrected chi connectivity index (χ4v) is 4.11. The normalized spacial score (nSPS) is 13.1. The first-order chi connectivity index (χ1) is 16.0. The second-order valence-corrected chi connectivity index (χ2v) is 10.4. The molecule has 2 N–H and O–H groups in total. The van der Waals surface area contributed by atoms with Crippen molar-refractivity contribution in [2.45, 2.75) is 24.7 Å². The van der Waals surface area contributed by atoms with Crippen molar-refractivity contribution in [1.82, 2.24) is 10.1 Å². The summed E-state index contributed by atoms with van der Waals surface area (Å²) in [5.74, 6) is -0.490. The smallest absolute Gasteiger partial charge is 0.355 e. The van der Waals surface area contributed by atoms with Crippen LogP contribution in [0.25, 0.3) is 11.4 Å². The lowest BCUT2D eigenvalue weighted by molar-refractivity contribution is -0.136. The van der Waals surface area contributed by atoms with Gasteiger partial charge in [0.1, 0.15) is 11.4 Å². The zero-order chi connectivity index (χ0) is 25.0. The summed E-state index contributed by atoms with van der Waals surface area (Å²) in [7, 11) is -2.22. The molecule has 0 unspecified atom stereocenters. The number of allylic oxidation sites excluding steroid dienone is 1. The van der Waals surface area contributed by atoms with Gasteiger partial charge in [-0.3, -0.25) is 0 Å². The molecule has 0 spiro atoms. The molecule has 178 valence electrons. The molecule has 0 saturated heterocycles. The van der Waals surface area contributed by atoms with E-state index in [0.29, 0.717) is 11.3 Å². The van der Waals surface area contributed by atoms with Crippen LogP contribution in [0.5, 0.6) is 0 Å². The Kier molecular flexibility index (Phi) is 7.68. The van der Waals surface area contributed by atoms with E-state index in [1.807, 2.05) is 38.1 Å². The van der Waals surface area contributed by atoms with Gasteiger partial charge < -0.3 is 15.0 Å². The van der Waals surface area contributed by atoms with Crippen molar-refractivity contribution in [3.8, 4) is 11.4 Å².